The predicted octanol–water partition coefficient (Wildman–Crippen LogP) is 6.60. The maximum atomic E-state index is 2.53. The smallest absolute Gasteiger partial charge is 0.0378 e. The fraction of sp³-hybridized carbons (Fsp3) is 0.615. The van der Waals surface area contributed by atoms with Gasteiger partial charge in [-0.05, 0) is 62.0 Å². The first-order chi connectivity index (χ1) is 13.8. The molecule has 1 nitrogen and oxygen atoms in total. The summed E-state index contributed by atoms with van der Waals surface area (Å²) >= 11 is 0. The van der Waals surface area contributed by atoms with Gasteiger partial charge in [-0.3, -0.25) is 0 Å². The van der Waals surface area contributed by atoms with Crippen LogP contribution in [-0.4, -0.2) is 36.4 Å². The maximum absolute atomic E-state index is 2.53. The lowest BCUT2D eigenvalue weighted by molar-refractivity contribution is 0.321. The molecule has 0 heterocycles. The molecule has 2 heteroatoms. The van der Waals surface area contributed by atoms with Crippen LogP contribution in [0.2, 0.25) is 0 Å². The first-order valence-electron chi connectivity index (χ1n) is 11.6. The fourth-order valence-electron chi connectivity index (χ4n) is 5.79. The molecule has 3 aliphatic rings. The Morgan fingerprint density at radius 2 is 1.32 bits per heavy atom. The van der Waals surface area contributed by atoms with Gasteiger partial charge in [0.15, 0.2) is 0 Å². The van der Waals surface area contributed by atoms with Crippen LogP contribution in [0, 0.1) is 0 Å². The van der Waals surface area contributed by atoms with Crippen molar-refractivity contribution in [2.45, 2.75) is 87.5 Å². The van der Waals surface area contributed by atoms with Crippen molar-refractivity contribution in [3.63, 3.8) is 0 Å². The topological polar surface area (TPSA) is 3.24 Å². The quantitative estimate of drug-likeness (QED) is 0.508. The number of hydrogen-bond acceptors (Lipinski definition) is 1. The first kappa shape index (κ1) is 20.4. The highest BCUT2D eigenvalue weighted by atomic mass is 31.1. The largest absolute Gasteiger partial charge is 0.302 e. The minimum absolute atomic E-state index is 0.0525. The monoisotopic (exact) mass is 395 g/mol. The Morgan fingerprint density at radius 3 is 1.93 bits per heavy atom. The number of rotatable bonds is 5. The van der Waals surface area contributed by atoms with Crippen molar-refractivity contribution in [3.05, 3.63) is 54.1 Å². The Bertz CT molecular complexity index is 661. The fourth-order valence-corrected chi connectivity index (χ4v) is 9.80. The molecule has 28 heavy (non-hydrogen) atoms. The zero-order valence-electron chi connectivity index (χ0n) is 17.9. The lowest BCUT2D eigenvalue weighted by Gasteiger charge is -2.41. The molecule has 0 saturated heterocycles. The van der Waals surface area contributed by atoms with E-state index in [0.717, 1.165) is 11.3 Å². The number of likely N-dealkylation sites (N-methyl/N-ethyl adjacent to an activating group) is 1. The van der Waals surface area contributed by atoms with Crippen molar-refractivity contribution < 1.29 is 0 Å². The molecule has 0 spiro atoms. The number of allylic oxidation sites excluding steroid dienone is 2. The van der Waals surface area contributed by atoms with E-state index >= 15 is 0 Å². The van der Waals surface area contributed by atoms with Crippen molar-refractivity contribution in [3.8, 4) is 0 Å². The zero-order chi connectivity index (χ0) is 19.3. The van der Waals surface area contributed by atoms with Gasteiger partial charge in [0, 0.05) is 12.0 Å². The molecule has 1 aromatic rings. The van der Waals surface area contributed by atoms with Crippen molar-refractivity contribution in [2.75, 3.05) is 14.1 Å². The van der Waals surface area contributed by atoms with Gasteiger partial charge in [-0.15, -0.1) is 0 Å². The molecular formula is C26H38NP. The van der Waals surface area contributed by atoms with Crippen molar-refractivity contribution in [1.29, 1.82) is 0 Å². The van der Waals surface area contributed by atoms with E-state index < -0.39 is 0 Å². The van der Waals surface area contributed by atoms with E-state index in [0.29, 0.717) is 12.0 Å². The Kier molecular flexibility index (Phi) is 7.08. The summed E-state index contributed by atoms with van der Waals surface area (Å²) in [6.07, 6.45) is 24.1. The van der Waals surface area contributed by atoms with E-state index in [1.165, 1.54) is 64.2 Å². The van der Waals surface area contributed by atoms with Crippen LogP contribution in [-0.2, 0) is 0 Å². The van der Waals surface area contributed by atoms with Gasteiger partial charge >= 0.3 is 0 Å². The molecule has 0 amide bonds. The van der Waals surface area contributed by atoms with Crippen LogP contribution in [0.25, 0.3) is 0 Å². The van der Waals surface area contributed by atoms with Gasteiger partial charge in [0.05, 0.1) is 0 Å². The number of nitrogens with zero attached hydrogens (tertiary/aromatic N) is 1. The number of benzene rings is 1. The SMILES string of the molecule is CN(C)C1C=CC=CC1c1ccccc1P(C1CCCCC1)C1CCCCC1. The van der Waals surface area contributed by atoms with Crippen molar-refractivity contribution in [2.24, 2.45) is 0 Å². The molecule has 2 atom stereocenters. The Balaban J connectivity index is 1.72. The highest BCUT2D eigenvalue weighted by molar-refractivity contribution is 7.67. The molecule has 2 saturated carbocycles. The molecule has 4 rings (SSSR count). The lowest BCUT2D eigenvalue weighted by Crippen LogP contribution is -2.35. The van der Waals surface area contributed by atoms with Gasteiger partial charge in [0.2, 0.25) is 0 Å². The molecule has 0 radical (unpaired) electrons. The highest BCUT2D eigenvalue weighted by Gasteiger charge is 2.35. The van der Waals surface area contributed by atoms with E-state index in [9.17, 15) is 0 Å². The first-order valence-corrected chi connectivity index (χ1v) is 13.1. The summed E-state index contributed by atoms with van der Waals surface area (Å²) < 4.78 is 0. The Hall–Kier alpha value is -0.910. The standard InChI is InChI=1S/C26H38NP/c1-27(2)25-19-11-9-17-23(25)24-18-10-12-20-26(24)28(21-13-5-3-6-14-21)22-15-7-4-8-16-22/h9-12,17-23,25H,3-8,13-16H2,1-2H3. The van der Waals surface area contributed by atoms with Crippen LogP contribution >= 0.6 is 7.92 Å². The highest BCUT2D eigenvalue weighted by Crippen LogP contribution is 2.56. The van der Waals surface area contributed by atoms with E-state index in [4.69, 9.17) is 0 Å². The van der Waals surface area contributed by atoms with E-state index in [1.807, 2.05) is 0 Å². The molecule has 3 aliphatic carbocycles. The molecule has 0 bridgehead atoms. The van der Waals surface area contributed by atoms with Crippen molar-refractivity contribution >= 4 is 13.2 Å². The Morgan fingerprint density at radius 1 is 0.750 bits per heavy atom. The summed E-state index contributed by atoms with van der Waals surface area (Å²) in [6, 6.07) is 10.1. The van der Waals surface area contributed by atoms with Crippen LogP contribution in [0.1, 0.15) is 75.7 Å². The second kappa shape index (κ2) is 9.73. The molecule has 152 valence electrons. The van der Waals surface area contributed by atoms with Crippen LogP contribution in [0.4, 0.5) is 0 Å². The number of hydrogen-bond donors (Lipinski definition) is 0. The average molecular weight is 396 g/mol. The summed E-state index contributed by atoms with van der Waals surface area (Å²) in [5.41, 5.74) is 3.56. The average Bonchev–Trinajstić information content (AvgIpc) is 2.76. The summed E-state index contributed by atoms with van der Waals surface area (Å²) in [7, 11) is 4.41. The normalized spacial score (nSPS) is 27.0. The molecule has 0 aromatic heterocycles. The van der Waals surface area contributed by atoms with Gasteiger partial charge in [-0.1, -0.05) is 95.0 Å². The van der Waals surface area contributed by atoms with E-state index in [2.05, 4.69) is 67.6 Å². The van der Waals surface area contributed by atoms with Crippen LogP contribution in [0.5, 0.6) is 0 Å². The minimum atomic E-state index is -0.0525. The summed E-state index contributed by atoms with van der Waals surface area (Å²) in [5, 5.41) is 1.76. The van der Waals surface area contributed by atoms with Gasteiger partial charge in [0.25, 0.3) is 0 Å². The third-order valence-corrected chi connectivity index (χ3v) is 10.8. The lowest BCUT2D eigenvalue weighted by atomic mass is 9.87. The molecular weight excluding hydrogens is 357 g/mol. The van der Waals surface area contributed by atoms with Crippen LogP contribution < -0.4 is 5.30 Å². The van der Waals surface area contributed by atoms with Gasteiger partial charge in [-0.25, -0.2) is 0 Å². The molecule has 0 N–H and O–H groups in total. The third kappa shape index (κ3) is 4.47. The second-order valence-corrected chi connectivity index (χ2v) is 12.1. The predicted molar refractivity (Wildman–Crippen MR) is 125 cm³/mol. The minimum Gasteiger partial charge on any atom is -0.302 e. The molecule has 1 aromatic carbocycles. The second-order valence-electron chi connectivity index (χ2n) is 9.30. The summed E-state index contributed by atoms with van der Waals surface area (Å²) in [4.78, 5) is 2.39. The van der Waals surface area contributed by atoms with E-state index in [-0.39, 0.29) is 7.92 Å². The molecule has 2 fully saturated rings. The van der Waals surface area contributed by atoms with Crippen LogP contribution in [0.3, 0.4) is 0 Å². The Labute approximate surface area is 174 Å². The van der Waals surface area contributed by atoms with Gasteiger partial charge in [0.1, 0.15) is 0 Å². The zero-order valence-corrected chi connectivity index (χ0v) is 18.8. The third-order valence-electron chi connectivity index (χ3n) is 7.21. The maximum Gasteiger partial charge on any atom is 0.0378 e. The molecule has 2 unspecified atom stereocenters. The summed E-state index contributed by atoms with van der Waals surface area (Å²) in [5.74, 6) is 0.494. The van der Waals surface area contributed by atoms with Crippen LogP contribution in [0.15, 0.2) is 48.6 Å². The summed E-state index contributed by atoms with van der Waals surface area (Å²) in [6.45, 7) is 0. The van der Waals surface area contributed by atoms with Crippen molar-refractivity contribution in [1.82, 2.24) is 4.90 Å². The van der Waals surface area contributed by atoms with E-state index in [1.54, 1.807) is 10.9 Å². The molecule has 0 aliphatic heterocycles. The van der Waals surface area contributed by atoms with Gasteiger partial charge < -0.3 is 4.90 Å². The van der Waals surface area contributed by atoms with Gasteiger partial charge in [-0.2, -0.15) is 0 Å².